The van der Waals surface area contributed by atoms with E-state index in [1.807, 2.05) is 45.9 Å². The maximum absolute atomic E-state index is 11.6. The number of hydrogen-bond donors (Lipinski definition) is 1. The molecule has 0 atom stereocenters. The molecule has 1 amide bonds. The molecule has 1 N–H and O–H groups in total. The molecule has 0 unspecified atom stereocenters. The molecule has 20 heavy (non-hydrogen) atoms. The number of hydrogen-bond acceptors (Lipinski definition) is 3. The van der Waals surface area contributed by atoms with E-state index in [-0.39, 0.29) is 0 Å². The van der Waals surface area contributed by atoms with Crippen molar-refractivity contribution in [3.63, 3.8) is 0 Å². The molecule has 0 aromatic heterocycles. The number of amides is 1. The maximum Gasteiger partial charge on any atom is 0.407 e. The highest BCUT2D eigenvalue weighted by atomic mass is 16.6. The van der Waals surface area contributed by atoms with E-state index >= 15 is 0 Å². The standard InChI is InChI=1S/C16H21NO3/c1-6-13-10-12(8-9-14(13)19-7-2)11-17-15(18)20-16(3,4)5/h1,8-10H,7,11H2,2-5H3,(H,17,18). The third kappa shape index (κ3) is 5.23. The molecule has 0 aliphatic heterocycles. The van der Waals surface area contributed by atoms with Gasteiger partial charge in [0.05, 0.1) is 12.2 Å². The largest absolute Gasteiger partial charge is 0.493 e. The van der Waals surface area contributed by atoms with Crippen LogP contribution in [0.4, 0.5) is 4.79 Å². The van der Waals surface area contributed by atoms with Crippen LogP contribution in [0.2, 0.25) is 0 Å². The maximum atomic E-state index is 11.6. The summed E-state index contributed by atoms with van der Waals surface area (Å²) in [6, 6.07) is 5.50. The van der Waals surface area contributed by atoms with Crippen LogP contribution in [0, 0.1) is 12.3 Å². The highest BCUT2D eigenvalue weighted by Crippen LogP contribution is 2.19. The van der Waals surface area contributed by atoms with Crippen LogP contribution in [-0.4, -0.2) is 18.3 Å². The highest BCUT2D eigenvalue weighted by Gasteiger charge is 2.15. The summed E-state index contributed by atoms with van der Waals surface area (Å²) >= 11 is 0. The molecular weight excluding hydrogens is 254 g/mol. The average molecular weight is 275 g/mol. The number of alkyl carbamates (subject to hydrolysis) is 1. The van der Waals surface area contributed by atoms with Crippen LogP contribution >= 0.6 is 0 Å². The fraction of sp³-hybridized carbons (Fsp3) is 0.438. The summed E-state index contributed by atoms with van der Waals surface area (Å²) in [6.07, 6.45) is 5.00. The van der Waals surface area contributed by atoms with Gasteiger partial charge in [0.1, 0.15) is 11.4 Å². The third-order valence-electron chi connectivity index (χ3n) is 2.34. The second-order valence-corrected chi connectivity index (χ2v) is 5.26. The first-order valence-electron chi connectivity index (χ1n) is 6.55. The minimum Gasteiger partial charge on any atom is -0.493 e. The van der Waals surface area contributed by atoms with E-state index in [0.717, 1.165) is 5.56 Å². The van der Waals surface area contributed by atoms with Crippen LogP contribution < -0.4 is 10.1 Å². The molecule has 108 valence electrons. The molecule has 0 aliphatic carbocycles. The normalized spacial score (nSPS) is 10.6. The fourth-order valence-electron chi connectivity index (χ4n) is 1.57. The molecule has 0 fully saturated rings. The molecule has 0 radical (unpaired) electrons. The molecule has 0 spiro atoms. The summed E-state index contributed by atoms with van der Waals surface area (Å²) in [5.41, 5.74) is 1.06. The van der Waals surface area contributed by atoms with Gasteiger partial charge in [-0.15, -0.1) is 6.42 Å². The zero-order chi connectivity index (χ0) is 15.2. The van der Waals surface area contributed by atoms with E-state index in [2.05, 4.69) is 11.2 Å². The lowest BCUT2D eigenvalue weighted by atomic mass is 10.1. The summed E-state index contributed by atoms with van der Waals surface area (Å²) in [5, 5.41) is 2.69. The first-order chi connectivity index (χ1) is 9.35. The Morgan fingerprint density at radius 3 is 2.65 bits per heavy atom. The Hall–Kier alpha value is -2.15. The van der Waals surface area contributed by atoms with E-state index in [1.165, 1.54) is 0 Å². The lowest BCUT2D eigenvalue weighted by Crippen LogP contribution is -2.32. The van der Waals surface area contributed by atoms with Gasteiger partial charge in [0.25, 0.3) is 0 Å². The number of benzene rings is 1. The number of carbonyl (C=O) groups is 1. The van der Waals surface area contributed by atoms with Crippen LogP contribution in [0.25, 0.3) is 0 Å². The Kier molecular flexibility index (Phi) is 5.45. The second-order valence-electron chi connectivity index (χ2n) is 5.26. The Morgan fingerprint density at radius 2 is 2.10 bits per heavy atom. The van der Waals surface area contributed by atoms with Gasteiger partial charge in [-0.25, -0.2) is 4.79 Å². The molecule has 0 aliphatic rings. The average Bonchev–Trinajstić information content (AvgIpc) is 2.36. The van der Waals surface area contributed by atoms with E-state index in [9.17, 15) is 4.79 Å². The van der Waals surface area contributed by atoms with Crippen molar-refractivity contribution in [3.05, 3.63) is 29.3 Å². The van der Waals surface area contributed by atoms with Crippen molar-refractivity contribution >= 4 is 6.09 Å². The Bertz CT molecular complexity index is 509. The Balaban J connectivity index is 2.66. The van der Waals surface area contributed by atoms with Gasteiger partial charge in [0, 0.05) is 6.54 Å². The number of nitrogens with one attached hydrogen (secondary N) is 1. The Morgan fingerprint density at radius 1 is 1.40 bits per heavy atom. The van der Waals surface area contributed by atoms with Crippen molar-refractivity contribution in [2.24, 2.45) is 0 Å². The minimum absolute atomic E-state index is 0.357. The van der Waals surface area contributed by atoms with Crippen LogP contribution in [0.5, 0.6) is 5.75 Å². The molecule has 1 aromatic carbocycles. The van der Waals surface area contributed by atoms with Crippen LogP contribution in [-0.2, 0) is 11.3 Å². The SMILES string of the molecule is C#Cc1cc(CNC(=O)OC(C)(C)C)ccc1OCC. The van der Waals surface area contributed by atoms with Crippen molar-refractivity contribution in [1.82, 2.24) is 5.32 Å². The lowest BCUT2D eigenvalue weighted by Gasteiger charge is -2.19. The highest BCUT2D eigenvalue weighted by molar-refractivity contribution is 5.67. The number of rotatable bonds is 4. The third-order valence-corrected chi connectivity index (χ3v) is 2.34. The zero-order valence-corrected chi connectivity index (χ0v) is 12.4. The quantitative estimate of drug-likeness (QED) is 0.859. The predicted molar refractivity (Wildman–Crippen MR) is 78.6 cm³/mol. The second kappa shape index (κ2) is 6.85. The molecule has 0 heterocycles. The van der Waals surface area contributed by atoms with Gasteiger partial charge in [0.2, 0.25) is 0 Å². The van der Waals surface area contributed by atoms with Crippen molar-refractivity contribution in [2.45, 2.75) is 39.8 Å². The van der Waals surface area contributed by atoms with Crippen molar-refractivity contribution < 1.29 is 14.3 Å². The molecule has 4 heteroatoms. The fourth-order valence-corrected chi connectivity index (χ4v) is 1.57. The van der Waals surface area contributed by atoms with Crippen LogP contribution in [0.3, 0.4) is 0 Å². The summed E-state index contributed by atoms with van der Waals surface area (Å²) in [7, 11) is 0. The van der Waals surface area contributed by atoms with E-state index in [1.54, 1.807) is 0 Å². The van der Waals surface area contributed by atoms with Gasteiger partial charge in [-0.1, -0.05) is 12.0 Å². The lowest BCUT2D eigenvalue weighted by molar-refractivity contribution is 0.0523. The minimum atomic E-state index is -0.507. The zero-order valence-electron chi connectivity index (χ0n) is 12.4. The van der Waals surface area contributed by atoms with Gasteiger partial charge >= 0.3 is 6.09 Å². The van der Waals surface area contributed by atoms with Crippen LogP contribution in [0.15, 0.2) is 18.2 Å². The Labute approximate surface area is 120 Å². The first-order valence-corrected chi connectivity index (χ1v) is 6.55. The summed E-state index contributed by atoms with van der Waals surface area (Å²) in [5.74, 6) is 3.25. The number of terminal acetylenes is 1. The number of carbonyl (C=O) groups excluding carboxylic acids is 1. The monoisotopic (exact) mass is 275 g/mol. The molecule has 4 nitrogen and oxygen atoms in total. The topological polar surface area (TPSA) is 47.6 Å². The van der Waals surface area contributed by atoms with Gasteiger partial charge in [-0.3, -0.25) is 0 Å². The molecular formula is C16H21NO3. The molecule has 1 rings (SSSR count). The van der Waals surface area contributed by atoms with Crippen molar-refractivity contribution in [1.29, 1.82) is 0 Å². The van der Waals surface area contributed by atoms with E-state index in [0.29, 0.717) is 24.5 Å². The van der Waals surface area contributed by atoms with Crippen molar-refractivity contribution in [2.75, 3.05) is 6.61 Å². The summed E-state index contributed by atoms with van der Waals surface area (Å²) in [4.78, 5) is 11.6. The molecule has 0 bridgehead atoms. The van der Waals surface area contributed by atoms with Gasteiger partial charge in [-0.05, 0) is 45.4 Å². The van der Waals surface area contributed by atoms with E-state index in [4.69, 9.17) is 15.9 Å². The molecule has 0 saturated carbocycles. The predicted octanol–water partition coefficient (Wildman–Crippen LogP) is 3.09. The first kappa shape index (κ1) is 15.9. The smallest absolute Gasteiger partial charge is 0.407 e. The van der Waals surface area contributed by atoms with Gasteiger partial charge < -0.3 is 14.8 Å². The summed E-state index contributed by atoms with van der Waals surface area (Å²) in [6.45, 7) is 8.28. The van der Waals surface area contributed by atoms with Gasteiger partial charge in [0.15, 0.2) is 0 Å². The van der Waals surface area contributed by atoms with Crippen molar-refractivity contribution in [3.8, 4) is 18.1 Å². The van der Waals surface area contributed by atoms with E-state index < -0.39 is 11.7 Å². The molecule has 1 aromatic rings. The summed E-state index contributed by atoms with van der Waals surface area (Å²) < 4.78 is 10.6. The van der Waals surface area contributed by atoms with Crippen LogP contribution in [0.1, 0.15) is 38.8 Å². The molecule has 0 saturated heterocycles. The number of ether oxygens (including phenoxy) is 2. The van der Waals surface area contributed by atoms with Gasteiger partial charge in [-0.2, -0.15) is 0 Å².